The van der Waals surface area contributed by atoms with Crippen LogP contribution < -0.4 is 21.3 Å². The number of hydrogen-bond donors (Lipinski definition) is 4. The van der Waals surface area contributed by atoms with E-state index in [1.807, 2.05) is 86.6 Å². The second-order valence-corrected chi connectivity index (χ2v) is 12.9. The fourth-order valence-corrected chi connectivity index (χ4v) is 6.07. The minimum Gasteiger partial charge on any atom is -0.356 e. The van der Waals surface area contributed by atoms with Crippen LogP contribution in [-0.2, 0) is 36.8 Å². The highest BCUT2D eigenvalue weighted by atomic mass is 16.2. The van der Waals surface area contributed by atoms with Crippen molar-refractivity contribution in [2.45, 2.75) is 71.5 Å². The second kappa shape index (κ2) is 15.0. The molecule has 1 saturated heterocycles. The SMILES string of the molecule is CC(C)C[C@H](NC(=O)[C@H](Cc1cccc2ccccc12)NC(=O)Cc1ccccc1)C(=O)N[C@H](C=O)C(C)(C)[C@@H]1CCNC1=O. The smallest absolute Gasteiger partial charge is 0.243 e. The van der Waals surface area contributed by atoms with Crippen molar-refractivity contribution in [2.75, 3.05) is 6.54 Å². The number of carbonyl (C=O) groups excluding carboxylic acids is 5. The van der Waals surface area contributed by atoms with Crippen molar-refractivity contribution in [1.29, 1.82) is 0 Å². The number of hydrogen-bond acceptors (Lipinski definition) is 5. The van der Waals surface area contributed by atoms with Crippen molar-refractivity contribution in [3.63, 3.8) is 0 Å². The van der Waals surface area contributed by atoms with Gasteiger partial charge in [0.1, 0.15) is 18.4 Å². The Labute approximate surface area is 264 Å². The van der Waals surface area contributed by atoms with Gasteiger partial charge in [-0.1, -0.05) is 100 Å². The lowest BCUT2D eigenvalue weighted by Gasteiger charge is -2.36. The van der Waals surface area contributed by atoms with Crippen LogP contribution in [0.1, 0.15) is 51.7 Å². The molecule has 0 unspecified atom stereocenters. The van der Waals surface area contributed by atoms with E-state index < -0.39 is 41.3 Å². The van der Waals surface area contributed by atoms with E-state index >= 15 is 0 Å². The summed E-state index contributed by atoms with van der Waals surface area (Å²) in [6, 6.07) is 20.1. The van der Waals surface area contributed by atoms with Crippen LogP contribution in [0.15, 0.2) is 72.8 Å². The third kappa shape index (κ3) is 8.56. The molecule has 4 atom stereocenters. The van der Waals surface area contributed by atoms with Crippen LogP contribution in [0.3, 0.4) is 0 Å². The first-order valence-corrected chi connectivity index (χ1v) is 15.6. The average Bonchev–Trinajstić information content (AvgIpc) is 3.46. The molecule has 238 valence electrons. The summed E-state index contributed by atoms with van der Waals surface area (Å²) in [7, 11) is 0. The topological polar surface area (TPSA) is 133 Å². The molecule has 0 aromatic heterocycles. The lowest BCUT2D eigenvalue weighted by molar-refractivity contribution is -0.134. The van der Waals surface area contributed by atoms with Gasteiger partial charge in [-0.05, 0) is 40.7 Å². The molecule has 0 spiro atoms. The zero-order chi connectivity index (χ0) is 32.6. The molecule has 3 aromatic rings. The van der Waals surface area contributed by atoms with Gasteiger partial charge in [0.2, 0.25) is 23.6 Å². The van der Waals surface area contributed by atoms with Crippen molar-refractivity contribution >= 4 is 40.7 Å². The first-order valence-electron chi connectivity index (χ1n) is 15.6. The number of carbonyl (C=O) groups is 5. The molecule has 0 bridgehead atoms. The molecule has 4 N–H and O–H groups in total. The molecule has 45 heavy (non-hydrogen) atoms. The minimum atomic E-state index is -0.964. The van der Waals surface area contributed by atoms with E-state index in [4.69, 9.17) is 0 Å². The van der Waals surface area contributed by atoms with Crippen LogP contribution in [0.4, 0.5) is 0 Å². The van der Waals surface area contributed by atoms with Crippen LogP contribution >= 0.6 is 0 Å². The van der Waals surface area contributed by atoms with E-state index in [0.29, 0.717) is 25.7 Å². The summed E-state index contributed by atoms with van der Waals surface area (Å²) in [6.07, 6.45) is 1.85. The molecule has 4 amide bonds. The fraction of sp³-hybridized carbons (Fsp3) is 0.417. The quantitative estimate of drug-likeness (QED) is 0.207. The number of aldehydes is 1. The first kappa shape index (κ1) is 33.4. The standard InChI is InChI=1S/C36H44N4O5/c1-23(2)19-29(35(45)40-31(22-41)36(3,4)28-17-18-37-33(28)43)39-34(44)30(38-32(42)20-24-11-6-5-7-12-24)21-26-15-10-14-25-13-8-9-16-27(25)26/h5-16,22-23,28-31H,17-21H2,1-4H3,(H,37,43)(H,38,42)(H,39,44)(H,40,45)/t28-,29+,30+,31-/m1/s1. The highest BCUT2D eigenvalue weighted by molar-refractivity contribution is 5.94. The highest BCUT2D eigenvalue weighted by Crippen LogP contribution is 2.35. The summed E-state index contributed by atoms with van der Waals surface area (Å²) in [5.74, 6) is -1.87. The molecule has 0 aliphatic carbocycles. The zero-order valence-electron chi connectivity index (χ0n) is 26.5. The molecule has 9 heteroatoms. The molecular weight excluding hydrogens is 568 g/mol. The highest BCUT2D eigenvalue weighted by Gasteiger charge is 2.44. The van der Waals surface area contributed by atoms with Crippen molar-refractivity contribution in [1.82, 2.24) is 21.3 Å². The van der Waals surface area contributed by atoms with E-state index in [1.165, 1.54) is 0 Å². The van der Waals surface area contributed by atoms with E-state index in [-0.39, 0.29) is 30.6 Å². The molecule has 4 rings (SSSR count). The van der Waals surface area contributed by atoms with Crippen molar-refractivity contribution in [3.05, 3.63) is 83.9 Å². The maximum atomic E-state index is 13.9. The monoisotopic (exact) mass is 612 g/mol. The van der Waals surface area contributed by atoms with Crippen molar-refractivity contribution < 1.29 is 24.0 Å². The summed E-state index contributed by atoms with van der Waals surface area (Å²) >= 11 is 0. The number of nitrogens with one attached hydrogen (secondary N) is 4. The maximum absolute atomic E-state index is 13.9. The normalized spacial score (nSPS) is 16.8. The van der Waals surface area contributed by atoms with Gasteiger partial charge in [0.15, 0.2) is 0 Å². The number of fused-ring (bicyclic) bond motifs is 1. The Morgan fingerprint density at radius 3 is 2.22 bits per heavy atom. The summed E-state index contributed by atoms with van der Waals surface area (Å²) in [6.45, 7) is 7.98. The molecule has 1 heterocycles. The van der Waals surface area contributed by atoms with Crippen LogP contribution in [-0.4, -0.2) is 54.6 Å². The van der Waals surface area contributed by atoms with E-state index in [2.05, 4.69) is 21.3 Å². The molecule has 1 fully saturated rings. The first-order chi connectivity index (χ1) is 21.5. The van der Waals surface area contributed by atoms with Gasteiger partial charge in [0.25, 0.3) is 0 Å². The predicted molar refractivity (Wildman–Crippen MR) is 174 cm³/mol. The molecule has 3 aromatic carbocycles. The Hall–Kier alpha value is -4.53. The summed E-state index contributed by atoms with van der Waals surface area (Å²) in [5, 5.41) is 13.4. The van der Waals surface area contributed by atoms with Gasteiger partial charge in [0, 0.05) is 24.3 Å². The number of rotatable bonds is 14. The Bertz CT molecular complexity index is 1510. The third-order valence-corrected chi connectivity index (χ3v) is 8.69. The van der Waals surface area contributed by atoms with Gasteiger partial charge in [-0.15, -0.1) is 0 Å². The van der Waals surface area contributed by atoms with Crippen LogP contribution in [0.25, 0.3) is 10.8 Å². The number of amides is 4. The van der Waals surface area contributed by atoms with Gasteiger partial charge >= 0.3 is 0 Å². The summed E-state index contributed by atoms with van der Waals surface area (Å²) < 4.78 is 0. The van der Waals surface area contributed by atoms with E-state index in [9.17, 15) is 24.0 Å². The van der Waals surface area contributed by atoms with Crippen LogP contribution in [0.5, 0.6) is 0 Å². The fourth-order valence-electron chi connectivity index (χ4n) is 6.07. The van der Waals surface area contributed by atoms with Gasteiger partial charge in [0.05, 0.1) is 12.5 Å². The largest absolute Gasteiger partial charge is 0.356 e. The molecular formula is C36H44N4O5. The zero-order valence-corrected chi connectivity index (χ0v) is 26.5. The minimum absolute atomic E-state index is 0.0357. The third-order valence-electron chi connectivity index (χ3n) is 8.69. The molecule has 9 nitrogen and oxygen atoms in total. The van der Waals surface area contributed by atoms with Gasteiger partial charge < -0.3 is 26.1 Å². The Morgan fingerprint density at radius 1 is 0.889 bits per heavy atom. The summed E-state index contributed by atoms with van der Waals surface area (Å²) in [5.41, 5.74) is 0.859. The Kier molecular flexibility index (Phi) is 11.1. The van der Waals surface area contributed by atoms with Gasteiger partial charge in [-0.3, -0.25) is 19.2 Å². The second-order valence-electron chi connectivity index (χ2n) is 12.9. The maximum Gasteiger partial charge on any atom is 0.243 e. The molecule has 1 aliphatic rings. The Balaban J connectivity index is 1.56. The van der Waals surface area contributed by atoms with E-state index in [0.717, 1.165) is 21.9 Å². The van der Waals surface area contributed by atoms with Gasteiger partial charge in [-0.25, -0.2) is 0 Å². The van der Waals surface area contributed by atoms with Gasteiger partial charge in [-0.2, -0.15) is 0 Å². The molecule has 1 aliphatic heterocycles. The lowest BCUT2D eigenvalue weighted by Crippen LogP contribution is -2.58. The average molecular weight is 613 g/mol. The molecule has 0 saturated carbocycles. The van der Waals surface area contributed by atoms with Crippen LogP contribution in [0, 0.1) is 17.3 Å². The Morgan fingerprint density at radius 2 is 1.56 bits per heavy atom. The molecule has 0 radical (unpaired) electrons. The number of benzene rings is 3. The lowest BCUT2D eigenvalue weighted by atomic mass is 9.72. The van der Waals surface area contributed by atoms with E-state index in [1.54, 1.807) is 13.8 Å². The van der Waals surface area contributed by atoms with Crippen molar-refractivity contribution in [2.24, 2.45) is 17.3 Å². The predicted octanol–water partition coefficient (Wildman–Crippen LogP) is 3.49. The van der Waals surface area contributed by atoms with Crippen molar-refractivity contribution in [3.8, 4) is 0 Å². The van der Waals surface area contributed by atoms with Crippen LogP contribution in [0.2, 0.25) is 0 Å². The summed E-state index contributed by atoms with van der Waals surface area (Å²) in [4.78, 5) is 65.5.